The number of ether oxygens (including phenoxy) is 2. The number of esters is 2. The Hall–Kier alpha value is -3.07. The summed E-state index contributed by atoms with van der Waals surface area (Å²) in [6.45, 7) is 3.53. The van der Waals surface area contributed by atoms with Crippen molar-refractivity contribution >= 4 is 19.8 Å². The van der Waals surface area contributed by atoms with Gasteiger partial charge in [0.15, 0.2) is 6.10 Å². The van der Waals surface area contributed by atoms with Gasteiger partial charge in [-0.2, -0.15) is 0 Å². The van der Waals surface area contributed by atoms with Crippen LogP contribution in [-0.2, 0) is 32.7 Å². The van der Waals surface area contributed by atoms with Gasteiger partial charge in [0.25, 0.3) is 0 Å². The summed E-state index contributed by atoms with van der Waals surface area (Å²) in [5, 5.41) is 0. The first-order chi connectivity index (χ1) is 37.8. The van der Waals surface area contributed by atoms with Crippen molar-refractivity contribution in [2.75, 3.05) is 26.4 Å². The van der Waals surface area contributed by atoms with Crippen molar-refractivity contribution in [2.24, 2.45) is 5.73 Å². The van der Waals surface area contributed by atoms with E-state index in [1.165, 1.54) is 148 Å². The molecule has 0 heterocycles. The summed E-state index contributed by atoms with van der Waals surface area (Å²) >= 11 is 0. The van der Waals surface area contributed by atoms with Crippen molar-refractivity contribution in [1.29, 1.82) is 0 Å². The second kappa shape index (κ2) is 62.1. The van der Waals surface area contributed by atoms with E-state index in [9.17, 15) is 19.0 Å². The molecule has 0 saturated heterocycles. The summed E-state index contributed by atoms with van der Waals surface area (Å²) in [6, 6.07) is 0. The zero-order valence-corrected chi connectivity index (χ0v) is 50.6. The minimum atomic E-state index is -4.39. The normalized spacial score (nSPS) is 13.7. The molecule has 0 aromatic heterocycles. The van der Waals surface area contributed by atoms with Crippen LogP contribution in [0.2, 0.25) is 0 Å². The fourth-order valence-corrected chi connectivity index (χ4v) is 9.62. The third kappa shape index (κ3) is 62.0. The maximum absolute atomic E-state index is 12.7. The molecule has 2 atom stereocenters. The molecular weight excluding hydrogens is 978 g/mol. The van der Waals surface area contributed by atoms with Gasteiger partial charge in [0, 0.05) is 19.4 Å². The van der Waals surface area contributed by atoms with Crippen LogP contribution in [0.25, 0.3) is 0 Å². The van der Waals surface area contributed by atoms with Crippen molar-refractivity contribution in [3.63, 3.8) is 0 Å². The maximum Gasteiger partial charge on any atom is 0.472 e. The molecule has 3 N–H and O–H groups in total. The third-order valence-electron chi connectivity index (χ3n) is 13.5. The highest BCUT2D eigenvalue weighted by atomic mass is 31.2. The van der Waals surface area contributed by atoms with E-state index in [1.54, 1.807) is 0 Å². The first-order valence-electron chi connectivity index (χ1n) is 31.7. The van der Waals surface area contributed by atoms with E-state index in [2.05, 4.69) is 111 Å². The van der Waals surface area contributed by atoms with E-state index in [0.29, 0.717) is 6.42 Å². The van der Waals surface area contributed by atoms with Crippen molar-refractivity contribution < 1.29 is 37.6 Å². The highest BCUT2D eigenvalue weighted by molar-refractivity contribution is 7.47. The molecule has 0 aromatic carbocycles. The van der Waals surface area contributed by atoms with Crippen LogP contribution in [0.15, 0.2) is 97.2 Å². The van der Waals surface area contributed by atoms with E-state index in [1.807, 2.05) is 0 Å². The number of rotatable bonds is 59. The van der Waals surface area contributed by atoms with E-state index >= 15 is 0 Å². The third-order valence-corrected chi connectivity index (χ3v) is 14.4. The lowest BCUT2D eigenvalue weighted by molar-refractivity contribution is -0.161. The van der Waals surface area contributed by atoms with Crippen LogP contribution in [0.4, 0.5) is 0 Å². The van der Waals surface area contributed by atoms with Crippen LogP contribution in [0.1, 0.15) is 284 Å². The molecule has 0 aliphatic heterocycles. The molecule has 0 fully saturated rings. The highest BCUT2D eigenvalue weighted by Gasteiger charge is 2.26. The molecule has 77 heavy (non-hydrogen) atoms. The lowest BCUT2D eigenvalue weighted by Gasteiger charge is -2.19. The second-order valence-electron chi connectivity index (χ2n) is 20.9. The average molecular weight is 1100 g/mol. The van der Waals surface area contributed by atoms with Gasteiger partial charge in [0.1, 0.15) is 6.61 Å². The molecule has 10 heteroatoms. The molecule has 0 amide bonds. The highest BCUT2D eigenvalue weighted by Crippen LogP contribution is 2.43. The molecule has 9 nitrogen and oxygen atoms in total. The number of phosphoric acid groups is 1. The monoisotopic (exact) mass is 1100 g/mol. The van der Waals surface area contributed by atoms with Gasteiger partial charge in [-0.1, -0.05) is 278 Å². The Bertz CT molecular complexity index is 1580. The molecule has 0 bridgehead atoms. The summed E-state index contributed by atoms with van der Waals surface area (Å²) < 4.78 is 33.1. The standard InChI is InChI=1S/C67H118NO8P/c1-3-5-7-9-11-13-15-17-19-21-23-25-26-27-28-29-30-31-32-33-34-35-36-37-38-40-42-44-46-48-50-52-54-56-58-60-67(70)76-65(64-75-77(71,72)74-62-61-68)63-73-66(69)59-57-55-53-51-49-47-45-43-41-39-24-22-20-18-16-14-12-10-8-6-4-2/h5-8,11-14,17-20,23-25,39,65H,3-4,9-10,15-16,21-22,26-38,40-64,68H2,1-2H3,(H,71,72)/b7-5-,8-6-,13-11-,14-12-,19-17-,20-18-,25-23-,39-24-. The van der Waals surface area contributed by atoms with Gasteiger partial charge < -0.3 is 20.1 Å². The van der Waals surface area contributed by atoms with Gasteiger partial charge >= 0.3 is 19.8 Å². The van der Waals surface area contributed by atoms with Gasteiger partial charge in [0.2, 0.25) is 0 Å². The molecule has 0 saturated carbocycles. The summed E-state index contributed by atoms with van der Waals surface area (Å²) in [6.07, 6.45) is 83.4. The predicted octanol–water partition coefficient (Wildman–Crippen LogP) is 20.4. The smallest absolute Gasteiger partial charge is 0.462 e. The van der Waals surface area contributed by atoms with E-state index in [-0.39, 0.29) is 38.6 Å². The second-order valence-corrected chi connectivity index (χ2v) is 22.3. The lowest BCUT2D eigenvalue weighted by atomic mass is 10.0. The molecular formula is C67H118NO8P. The lowest BCUT2D eigenvalue weighted by Crippen LogP contribution is -2.29. The molecule has 0 aromatic rings. The fourth-order valence-electron chi connectivity index (χ4n) is 8.86. The number of carbonyl (C=O) groups is 2. The maximum atomic E-state index is 12.7. The van der Waals surface area contributed by atoms with Crippen molar-refractivity contribution in [1.82, 2.24) is 0 Å². The number of hydrogen-bond donors (Lipinski definition) is 2. The summed E-state index contributed by atoms with van der Waals surface area (Å²) in [5.41, 5.74) is 5.39. The summed E-state index contributed by atoms with van der Waals surface area (Å²) in [7, 11) is -4.39. The summed E-state index contributed by atoms with van der Waals surface area (Å²) in [5.74, 6) is -0.830. The minimum absolute atomic E-state index is 0.0498. The zero-order valence-electron chi connectivity index (χ0n) is 49.7. The Morgan fingerprint density at radius 2 is 0.675 bits per heavy atom. The molecule has 2 unspecified atom stereocenters. The van der Waals surface area contributed by atoms with Gasteiger partial charge in [0.05, 0.1) is 13.2 Å². The van der Waals surface area contributed by atoms with Crippen molar-refractivity contribution in [2.45, 2.75) is 290 Å². The van der Waals surface area contributed by atoms with Crippen LogP contribution < -0.4 is 5.73 Å². The van der Waals surface area contributed by atoms with Gasteiger partial charge in [-0.3, -0.25) is 18.6 Å². The largest absolute Gasteiger partial charge is 0.472 e. The quantitative estimate of drug-likeness (QED) is 0.0264. The van der Waals surface area contributed by atoms with E-state index in [0.717, 1.165) is 103 Å². The number of unbranched alkanes of at least 4 members (excludes halogenated alkanes) is 30. The van der Waals surface area contributed by atoms with Gasteiger partial charge in [-0.25, -0.2) is 4.57 Å². The molecule has 0 aliphatic rings. The van der Waals surface area contributed by atoms with Crippen LogP contribution in [0.3, 0.4) is 0 Å². The Morgan fingerprint density at radius 3 is 1.00 bits per heavy atom. The zero-order chi connectivity index (χ0) is 55.9. The van der Waals surface area contributed by atoms with E-state index < -0.39 is 26.5 Å². The van der Waals surface area contributed by atoms with Gasteiger partial charge in [-0.05, 0) is 89.9 Å². The fraction of sp³-hybridized carbons (Fsp3) is 0.731. The van der Waals surface area contributed by atoms with Crippen LogP contribution in [0.5, 0.6) is 0 Å². The van der Waals surface area contributed by atoms with Crippen LogP contribution >= 0.6 is 7.82 Å². The average Bonchev–Trinajstić information content (AvgIpc) is 3.42. The SMILES string of the molecule is CC/C=C\C/C=C\C/C=C\C/C=C\CCCCCCCCCCCCCCCCCCCCCCCCC(=O)OC(COC(=O)CCCCCCCCCC/C=C\C/C=C\C/C=C\C/C=C\CC)COP(=O)(O)OCCN. The molecule has 0 radical (unpaired) electrons. The first kappa shape index (κ1) is 73.9. The predicted molar refractivity (Wildman–Crippen MR) is 330 cm³/mol. The summed E-state index contributed by atoms with van der Waals surface area (Å²) in [4.78, 5) is 35.3. The minimum Gasteiger partial charge on any atom is -0.462 e. The van der Waals surface area contributed by atoms with Crippen molar-refractivity contribution in [3.8, 4) is 0 Å². The Balaban J connectivity index is 3.87. The van der Waals surface area contributed by atoms with Gasteiger partial charge in [-0.15, -0.1) is 0 Å². The molecule has 0 aliphatic carbocycles. The molecule has 0 rings (SSSR count). The Labute approximate surface area is 474 Å². The Morgan fingerprint density at radius 1 is 0.390 bits per heavy atom. The number of nitrogens with two attached hydrogens (primary N) is 1. The van der Waals surface area contributed by atoms with Crippen LogP contribution in [-0.4, -0.2) is 49.3 Å². The first-order valence-corrected chi connectivity index (χ1v) is 33.2. The van der Waals surface area contributed by atoms with Crippen molar-refractivity contribution in [3.05, 3.63) is 97.2 Å². The molecule has 0 spiro atoms. The number of hydrogen-bond acceptors (Lipinski definition) is 8. The van der Waals surface area contributed by atoms with Crippen LogP contribution in [0, 0.1) is 0 Å². The Kier molecular flexibility index (Phi) is 59.7. The topological polar surface area (TPSA) is 134 Å². The number of allylic oxidation sites excluding steroid dienone is 16. The molecule has 444 valence electrons. The number of carbonyl (C=O) groups excluding carboxylic acids is 2. The van der Waals surface area contributed by atoms with E-state index in [4.69, 9.17) is 24.3 Å². The number of phosphoric ester groups is 1.